The van der Waals surface area contributed by atoms with E-state index in [0.717, 1.165) is 0 Å². The topological polar surface area (TPSA) is 88.7 Å². The van der Waals surface area contributed by atoms with Crippen molar-refractivity contribution in [2.75, 3.05) is 19.8 Å². The van der Waals surface area contributed by atoms with E-state index in [1.54, 1.807) is 23.2 Å². The van der Waals surface area contributed by atoms with Crippen LogP contribution in [0.4, 0.5) is 0 Å². The van der Waals surface area contributed by atoms with Crippen LogP contribution < -0.4 is 5.73 Å². The first kappa shape index (κ1) is 13.9. The summed E-state index contributed by atoms with van der Waals surface area (Å²) >= 11 is 0. The van der Waals surface area contributed by atoms with Gasteiger partial charge in [-0.3, -0.25) is 9.78 Å². The number of aliphatic hydroxyl groups excluding tert-OH is 1. The molecule has 2 rings (SSSR count). The summed E-state index contributed by atoms with van der Waals surface area (Å²) in [7, 11) is 0. The fraction of sp³-hybridized carbons (Fsp3) is 0.538. The maximum Gasteiger partial charge on any atom is 0.254 e. The van der Waals surface area contributed by atoms with Crippen molar-refractivity contribution in [1.29, 1.82) is 0 Å². The summed E-state index contributed by atoms with van der Waals surface area (Å²) in [5.41, 5.74) is 6.78. The average molecular weight is 265 g/mol. The molecule has 3 N–H and O–H groups in total. The molecule has 1 aromatic rings. The highest BCUT2D eigenvalue weighted by molar-refractivity contribution is 5.94. The number of morpholine rings is 1. The molecule has 2 atom stereocenters. The molecule has 6 heteroatoms. The fourth-order valence-corrected chi connectivity index (χ4v) is 2.10. The molecule has 1 fully saturated rings. The van der Waals surface area contributed by atoms with Crippen LogP contribution in [0.3, 0.4) is 0 Å². The summed E-state index contributed by atoms with van der Waals surface area (Å²) in [4.78, 5) is 18.3. The fourth-order valence-electron chi connectivity index (χ4n) is 2.10. The Hall–Kier alpha value is -1.50. The summed E-state index contributed by atoms with van der Waals surface area (Å²) in [6.45, 7) is 2.99. The van der Waals surface area contributed by atoms with Gasteiger partial charge in [0, 0.05) is 24.8 Å². The van der Waals surface area contributed by atoms with Gasteiger partial charge in [0.15, 0.2) is 0 Å². The third-order valence-electron chi connectivity index (χ3n) is 3.24. The number of aromatic nitrogens is 1. The lowest BCUT2D eigenvalue weighted by atomic mass is 10.1. The zero-order chi connectivity index (χ0) is 13.8. The van der Waals surface area contributed by atoms with Crippen LogP contribution >= 0.6 is 0 Å². The minimum atomic E-state index is -0.309. The summed E-state index contributed by atoms with van der Waals surface area (Å²) in [5.74, 6) is -0.0775. The van der Waals surface area contributed by atoms with Crippen LogP contribution in [0, 0.1) is 0 Å². The minimum absolute atomic E-state index is 0.00945. The first-order chi connectivity index (χ1) is 9.15. The number of hydrogen-bond donors (Lipinski definition) is 2. The summed E-state index contributed by atoms with van der Waals surface area (Å²) in [6, 6.07) is 3.38. The second kappa shape index (κ2) is 6.10. The smallest absolute Gasteiger partial charge is 0.254 e. The van der Waals surface area contributed by atoms with E-state index in [2.05, 4.69) is 4.98 Å². The lowest BCUT2D eigenvalue weighted by Crippen LogP contribution is -2.52. The maximum absolute atomic E-state index is 12.5. The van der Waals surface area contributed by atoms with Crippen molar-refractivity contribution in [3.05, 3.63) is 29.6 Å². The quantitative estimate of drug-likeness (QED) is 0.787. The normalized spacial score (nSPS) is 23.4. The molecule has 0 spiro atoms. The second-order valence-corrected chi connectivity index (χ2v) is 4.68. The monoisotopic (exact) mass is 265 g/mol. The molecule has 1 aliphatic heterocycles. The van der Waals surface area contributed by atoms with Crippen molar-refractivity contribution in [2.24, 2.45) is 5.73 Å². The molecule has 104 valence electrons. The third kappa shape index (κ3) is 3.09. The standard InChI is InChI=1S/C13H19N3O3/c1-9-8-19-12(7-17)6-16(9)13(18)10-2-3-15-11(4-10)5-14/h2-4,9,12,17H,5-8,14H2,1H3. The van der Waals surface area contributed by atoms with E-state index in [1.165, 1.54) is 0 Å². The lowest BCUT2D eigenvalue weighted by Gasteiger charge is -2.37. The number of nitrogens with two attached hydrogens (primary N) is 1. The number of carbonyl (C=O) groups excluding carboxylic acids is 1. The van der Waals surface area contributed by atoms with Crippen molar-refractivity contribution in [3.8, 4) is 0 Å². The van der Waals surface area contributed by atoms with Crippen LogP contribution in [0.5, 0.6) is 0 Å². The van der Waals surface area contributed by atoms with Gasteiger partial charge in [-0.15, -0.1) is 0 Å². The van der Waals surface area contributed by atoms with Crippen LogP contribution in [-0.2, 0) is 11.3 Å². The first-order valence-corrected chi connectivity index (χ1v) is 6.34. The van der Waals surface area contributed by atoms with Crippen LogP contribution in [0.25, 0.3) is 0 Å². The van der Waals surface area contributed by atoms with Crippen molar-refractivity contribution in [3.63, 3.8) is 0 Å². The molecule has 0 bridgehead atoms. The SMILES string of the molecule is CC1COC(CO)CN1C(=O)c1ccnc(CN)c1. The number of rotatable bonds is 3. The summed E-state index contributed by atoms with van der Waals surface area (Å²) in [6.07, 6.45) is 1.28. The van der Waals surface area contributed by atoms with E-state index in [0.29, 0.717) is 31.0 Å². The highest BCUT2D eigenvalue weighted by atomic mass is 16.5. The number of hydrogen-bond acceptors (Lipinski definition) is 5. The molecule has 19 heavy (non-hydrogen) atoms. The van der Waals surface area contributed by atoms with Gasteiger partial charge in [-0.1, -0.05) is 0 Å². The van der Waals surface area contributed by atoms with Crippen LogP contribution in [0.1, 0.15) is 23.0 Å². The molecule has 2 heterocycles. The van der Waals surface area contributed by atoms with Gasteiger partial charge in [-0.05, 0) is 19.1 Å². The predicted octanol–water partition coefficient (Wildman–Crippen LogP) is -0.238. The number of nitrogens with zero attached hydrogens (tertiary/aromatic N) is 2. The molecule has 0 radical (unpaired) electrons. The third-order valence-corrected chi connectivity index (χ3v) is 3.24. The average Bonchev–Trinajstić information content (AvgIpc) is 2.47. The largest absolute Gasteiger partial charge is 0.394 e. The molecule has 6 nitrogen and oxygen atoms in total. The van der Waals surface area contributed by atoms with Gasteiger partial charge in [0.1, 0.15) is 0 Å². The molecule has 0 aromatic carbocycles. The number of ether oxygens (including phenoxy) is 1. The van der Waals surface area contributed by atoms with Gasteiger partial charge < -0.3 is 20.5 Å². The van der Waals surface area contributed by atoms with Crippen molar-refractivity contribution in [2.45, 2.75) is 25.6 Å². The predicted molar refractivity (Wildman–Crippen MR) is 69.5 cm³/mol. The molecule has 0 saturated carbocycles. The van der Waals surface area contributed by atoms with Crippen LogP contribution in [0.2, 0.25) is 0 Å². The second-order valence-electron chi connectivity index (χ2n) is 4.68. The lowest BCUT2D eigenvalue weighted by molar-refractivity contribution is -0.0667. The summed E-state index contributed by atoms with van der Waals surface area (Å²) in [5, 5.41) is 9.14. The van der Waals surface area contributed by atoms with Crippen molar-refractivity contribution >= 4 is 5.91 Å². The van der Waals surface area contributed by atoms with Gasteiger partial charge in [0.25, 0.3) is 5.91 Å². The Morgan fingerprint density at radius 3 is 3.16 bits per heavy atom. The number of carbonyl (C=O) groups is 1. The van der Waals surface area contributed by atoms with Gasteiger partial charge in [-0.2, -0.15) is 0 Å². The Bertz CT molecular complexity index is 453. The molecule has 1 saturated heterocycles. The van der Waals surface area contributed by atoms with Gasteiger partial charge >= 0.3 is 0 Å². The molecule has 1 aliphatic rings. The van der Waals surface area contributed by atoms with Crippen LogP contribution in [0.15, 0.2) is 18.3 Å². The van der Waals surface area contributed by atoms with Crippen LogP contribution in [-0.4, -0.2) is 52.8 Å². The van der Waals surface area contributed by atoms with Crippen molar-refractivity contribution < 1.29 is 14.6 Å². The van der Waals surface area contributed by atoms with E-state index in [9.17, 15) is 4.79 Å². The Morgan fingerprint density at radius 2 is 2.47 bits per heavy atom. The number of pyridine rings is 1. The summed E-state index contributed by atoms with van der Waals surface area (Å²) < 4.78 is 5.42. The zero-order valence-corrected chi connectivity index (χ0v) is 11.0. The Balaban J connectivity index is 2.16. The molecule has 0 aliphatic carbocycles. The highest BCUT2D eigenvalue weighted by Crippen LogP contribution is 2.15. The van der Waals surface area contributed by atoms with E-state index < -0.39 is 0 Å². The molecule has 1 amide bonds. The Kier molecular flexibility index (Phi) is 4.47. The maximum atomic E-state index is 12.5. The number of amides is 1. The highest BCUT2D eigenvalue weighted by Gasteiger charge is 2.29. The Labute approximate surface area is 112 Å². The first-order valence-electron chi connectivity index (χ1n) is 6.34. The van der Waals surface area contributed by atoms with Gasteiger partial charge in [0.2, 0.25) is 0 Å². The van der Waals surface area contributed by atoms with E-state index in [-0.39, 0.29) is 24.7 Å². The van der Waals surface area contributed by atoms with E-state index in [1.807, 2.05) is 6.92 Å². The zero-order valence-electron chi connectivity index (χ0n) is 11.0. The molecule has 2 unspecified atom stereocenters. The van der Waals surface area contributed by atoms with Gasteiger partial charge in [-0.25, -0.2) is 0 Å². The van der Waals surface area contributed by atoms with Crippen molar-refractivity contribution in [1.82, 2.24) is 9.88 Å². The molecule has 1 aromatic heterocycles. The number of aliphatic hydroxyl groups is 1. The van der Waals surface area contributed by atoms with E-state index >= 15 is 0 Å². The molecular weight excluding hydrogens is 246 g/mol. The Morgan fingerprint density at radius 1 is 1.68 bits per heavy atom. The van der Waals surface area contributed by atoms with E-state index in [4.69, 9.17) is 15.6 Å². The van der Waals surface area contributed by atoms with Gasteiger partial charge in [0.05, 0.1) is 31.1 Å². The minimum Gasteiger partial charge on any atom is -0.394 e. The molecular formula is C13H19N3O3.